The average molecular weight is 407 g/mol. The minimum Gasteiger partial charge on any atom is -0.355 e. The maximum atomic E-state index is 12.8. The highest BCUT2D eigenvalue weighted by Gasteiger charge is 2.39. The van der Waals surface area contributed by atoms with Gasteiger partial charge in [0.15, 0.2) is 0 Å². The van der Waals surface area contributed by atoms with E-state index >= 15 is 0 Å². The van der Waals surface area contributed by atoms with Crippen molar-refractivity contribution in [3.05, 3.63) is 16.1 Å². The van der Waals surface area contributed by atoms with Crippen LogP contribution in [0.15, 0.2) is 5.51 Å². The van der Waals surface area contributed by atoms with Gasteiger partial charge in [-0.15, -0.1) is 11.3 Å². The molecule has 0 bridgehead atoms. The molecule has 2 aliphatic rings. The number of aromatic nitrogens is 1. The topological polar surface area (TPSA) is 48.5 Å². The first-order chi connectivity index (χ1) is 13.5. The lowest BCUT2D eigenvalue weighted by atomic mass is 9.77. The summed E-state index contributed by atoms with van der Waals surface area (Å²) in [5.74, 6) is 0.870. The normalized spacial score (nSPS) is 22.9. The summed E-state index contributed by atoms with van der Waals surface area (Å²) in [6.07, 6.45) is 8.04. The summed E-state index contributed by atoms with van der Waals surface area (Å²) in [5, 5.41) is 3.23. The third-order valence-electron chi connectivity index (χ3n) is 6.39. The Hall–Kier alpha value is -0.980. The van der Waals surface area contributed by atoms with E-state index in [4.69, 9.17) is 0 Å². The summed E-state index contributed by atoms with van der Waals surface area (Å²) in [5.41, 5.74) is 3.16. The van der Waals surface area contributed by atoms with Gasteiger partial charge in [-0.05, 0) is 45.2 Å². The zero-order valence-electron chi connectivity index (χ0n) is 18.0. The Morgan fingerprint density at radius 2 is 1.96 bits per heavy atom. The molecule has 0 aromatic carbocycles. The first-order valence-corrected chi connectivity index (χ1v) is 12.0. The number of aryl methyl sites for hydroxylation is 1. The molecule has 1 amide bonds. The van der Waals surface area contributed by atoms with Crippen LogP contribution in [0.2, 0.25) is 0 Å². The number of nitrogens with zero attached hydrogens (tertiary/aromatic N) is 3. The van der Waals surface area contributed by atoms with Crippen LogP contribution in [-0.2, 0) is 11.3 Å². The molecule has 28 heavy (non-hydrogen) atoms. The SMILES string of the molecule is Cc1ncsc1CN1CCCN(CC(C)C)C2(CCCCC2)CC(=O)NCC1. The zero-order chi connectivity index (χ0) is 20.0. The molecule has 2 heterocycles. The van der Waals surface area contributed by atoms with Gasteiger partial charge in [-0.3, -0.25) is 14.6 Å². The lowest BCUT2D eigenvalue weighted by Crippen LogP contribution is -2.54. The van der Waals surface area contributed by atoms with Crippen molar-refractivity contribution in [1.29, 1.82) is 0 Å². The van der Waals surface area contributed by atoms with Gasteiger partial charge in [0, 0.05) is 43.0 Å². The summed E-state index contributed by atoms with van der Waals surface area (Å²) in [4.78, 5) is 23.8. The predicted octanol–water partition coefficient (Wildman–Crippen LogP) is 3.82. The van der Waals surface area contributed by atoms with E-state index in [2.05, 4.69) is 40.9 Å². The molecule has 0 atom stereocenters. The fourth-order valence-corrected chi connectivity index (χ4v) is 5.75. The van der Waals surface area contributed by atoms with Gasteiger partial charge in [-0.2, -0.15) is 0 Å². The average Bonchev–Trinajstić information content (AvgIpc) is 3.04. The van der Waals surface area contributed by atoms with Gasteiger partial charge < -0.3 is 5.32 Å². The molecule has 1 saturated carbocycles. The van der Waals surface area contributed by atoms with Crippen LogP contribution in [0.3, 0.4) is 0 Å². The number of hydrogen-bond donors (Lipinski definition) is 1. The summed E-state index contributed by atoms with van der Waals surface area (Å²) in [6.45, 7) is 12.6. The van der Waals surface area contributed by atoms with Crippen molar-refractivity contribution in [2.24, 2.45) is 5.92 Å². The second kappa shape index (κ2) is 10.2. The number of amides is 1. The van der Waals surface area contributed by atoms with Crippen molar-refractivity contribution in [2.75, 3.05) is 32.7 Å². The fraction of sp³-hybridized carbons (Fsp3) is 0.818. The summed E-state index contributed by atoms with van der Waals surface area (Å²) >= 11 is 1.75. The van der Waals surface area contributed by atoms with Crippen molar-refractivity contribution in [1.82, 2.24) is 20.1 Å². The molecule has 2 fully saturated rings. The molecule has 1 aromatic heterocycles. The third kappa shape index (κ3) is 5.77. The van der Waals surface area contributed by atoms with Gasteiger partial charge in [-0.1, -0.05) is 33.1 Å². The van der Waals surface area contributed by atoms with Gasteiger partial charge >= 0.3 is 0 Å². The Balaban J connectivity index is 1.73. The van der Waals surface area contributed by atoms with E-state index in [1.807, 2.05) is 5.51 Å². The summed E-state index contributed by atoms with van der Waals surface area (Å²) in [6, 6.07) is 0. The van der Waals surface area contributed by atoms with Gasteiger partial charge in [0.05, 0.1) is 11.2 Å². The molecule has 5 nitrogen and oxygen atoms in total. The summed E-state index contributed by atoms with van der Waals surface area (Å²) < 4.78 is 0. The first kappa shape index (κ1) is 21.7. The number of nitrogens with one attached hydrogen (secondary N) is 1. The molecular formula is C22H38N4OS. The van der Waals surface area contributed by atoms with Crippen molar-refractivity contribution < 1.29 is 4.79 Å². The number of rotatable bonds is 4. The van der Waals surface area contributed by atoms with E-state index in [0.29, 0.717) is 12.3 Å². The number of hydrogen-bond acceptors (Lipinski definition) is 5. The molecule has 1 aliphatic carbocycles. The van der Waals surface area contributed by atoms with Crippen LogP contribution in [0.25, 0.3) is 0 Å². The lowest BCUT2D eigenvalue weighted by Gasteiger charge is -2.47. The van der Waals surface area contributed by atoms with Crippen LogP contribution in [0.4, 0.5) is 0 Å². The van der Waals surface area contributed by atoms with Crippen LogP contribution >= 0.6 is 11.3 Å². The van der Waals surface area contributed by atoms with Gasteiger partial charge in [-0.25, -0.2) is 4.98 Å². The Morgan fingerprint density at radius 1 is 1.18 bits per heavy atom. The molecule has 6 heteroatoms. The quantitative estimate of drug-likeness (QED) is 0.826. The molecule has 1 aliphatic heterocycles. The maximum absolute atomic E-state index is 12.8. The molecule has 1 saturated heterocycles. The van der Waals surface area contributed by atoms with E-state index in [9.17, 15) is 4.79 Å². The molecule has 0 radical (unpaired) electrons. The van der Waals surface area contributed by atoms with Gasteiger partial charge in [0.25, 0.3) is 0 Å². The maximum Gasteiger partial charge on any atom is 0.221 e. The highest BCUT2D eigenvalue weighted by Crippen LogP contribution is 2.37. The zero-order valence-corrected chi connectivity index (χ0v) is 18.8. The van der Waals surface area contributed by atoms with Crippen LogP contribution < -0.4 is 5.32 Å². The van der Waals surface area contributed by atoms with Crippen molar-refractivity contribution >= 4 is 17.2 Å². The van der Waals surface area contributed by atoms with Crippen LogP contribution in [0.5, 0.6) is 0 Å². The molecule has 0 unspecified atom stereocenters. The highest BCUT2D eigenvalue weighted by atomic mass is 32.1. The Labute approximate surface area is 174 Å². The third-order valence-corrected chi connectivity index (χ3v) is 7.31. The van der Waals surface area contributed by atoms with E-state index in [-0.39, 0.29) is 11.4 Å². The standard InChI is InChI=1S/C22H38N4OS/c1-18(2)15-26-12-7-11-25(16-20-19(3)24-17-28-20)13-10-23-21(27)14-22(26)8-5-4-6-9-22/h17-18H,4-16H2,1-3H3,(H,23,27). The number of thiazole rings is 1. The smallest absolute Gasteiger partial charge is 0.221 e. The summed E-state index contributed by atoms with van der Waals surface area (Å²) in [7, 11) is 0. The molecule has 1 aromatic rings. The molecular weight excluding hydrogens is 368 g/mol. The van der Waals surface area contributed by atoms with E-state index in [1.165, 1.54) is 43.4 Å². The second-order valence-corrected chi connectivity index (χ2v) is 10.1. The van der Waals surface area contributed by atoms with Crippen LogP contribution in [-0.4, -0.2) is 59.0 Å². The van der Waals surface area contributed by atoms with Gasteiger partial charge in [0.2, 0.25) is 5.91 Å². The van der Waals surface area contributed by atoms with Crippen molar-refractivity contribution in [3.8, 4) is 0 Å². The minimum atomic E-state index is 0.0794. The number of carbonyl (C=O) groups is 1. The number of carbonyl (C=O) groups excluding carboxylic acids is 1. The first-order valence-electron chi connectivity index (χ1n) is 11.1. The largest absolute Gasteiger partial charge is 0.355 e. The Morgan fingerprint density at radius 3 is 2.64 bits per heavy atom. The molecule has 3 rings (SSSR count). The van der Waals surface area contributed by atoms with E-state index in [0.717, 1.165) is 45.0 Å². The monoisotopic (exact) mass is 406 g/mol. The lowest BCUT2D eigenvalue weighted by molar-refractivity contribution is -0.125. The van der Waals surface area contributed by atoms with E-state index in [1.54, 1.807) is 11.3 Å². The predicted molar refractivity (Wildman–Crippen MR) is 117 cm³/mol. The Kier molecular flexibility index (Phi) is 7.89. The van der Waals surface area contributed by atoms with Crippen molar-refractivity contribution in [3.63, 3.8) is 0 Å². The molecule has 1 N–H and O–H groups in total. The van der Waals surface area contributed by atoms with Gasteiger partial charge in [0.1, 0.15) is 0 Å². The van der Waals surface area contributed by atoms with Crippen molar-refractivity contribution in [2.45, 2.75) is 77.8 Å². The second-order valence-electron chi connectivity index (χ2n) is 9.14. The molecule has 158 valence electrons. The minimum absolute atomic E-state index is 0.0794. The Bertz CT molecular complexity index is 624. The van der Waals surface area contributed by atoms with Crippen LogP contribution in [0.1, 0.15) is 69.4 Å². The van der Waals surface area contributed by atoms with Crippen LogP contribution in [0, 0.1) is 12.8 Å². The fourth-order valence-electron chi connectivity index (χ4n) is 4.93. The highest BCUT2D eigenvalue weighted by molar-refractivity contribution is 7.09. The van der Waals surface area contributed by atoms with E-state index < -0.39 is 0 Å². The molecule has 1 spiro atoms.